The van der Waals surface area contributed by atoms with Crippen LogP contribution in [0.3, 0.4) is 0 Å². The third kappa shape index (κ3) is 5.78. The van der Waals surface area contributed by atoms with E-state index < -0.39 is 6.43 Å². The Kier molecular flexibility index (Phi) is 3.83. The Labute approximate surface area is 40.2 Å². The minimum atomic E-state index is -2.30. The molecule has 0 aliphatic heterocycles. The largest absolute Gasteiger partial charge is 0.304 e. The number of halogens is 2. The average molecular weight is 111 g/mol. The van der Waals surface area contributed by atoms with Crippen molar-refractivity contribution in [3.8, 4) is 0 Å². The van der Waals surface area contributed by atoms with Gasteiger partial charge in [-0.2, -0.15) is 0 Å². The van der Waals surface area contributed by atoms with Crippen LogP contribution in [-0.4, -0.2) is 13.0 Å². The van der Waals surface area contributed by atoms with Crippen LogP contribution in [0.15, 0.2) is 0 Å². The predicted octanol–water partition coefficient (Wildman–Crippen LogP) is 0.532. The van der Waals surface area contributed by atoms with Gasteiger partial charge in [0.2, 0.25) is 6.43 Å². The fourth-order valence-corrected chi connectivity index (χ4v) is 0.157. The van der Waals surface area contributed by atoms with Gasteiger partial charge >= 0.3 is 0 Å². The second-order valence-corrected chi connectivity index (χ2v) is 1.05. The topological polar surface area (TPSA) is 35.2 Å². The number of hydrogen-bond acceptors (Lipinski definition) is 2. The summed E-state index contributed by atoms with van der Waals surface area (Å²) in [4.78, 5) is 3.87. The van der Waals surface area contributed by atoms with Crippen molar-refractivity contribution < 1.29 is 13.6 Å². The molecule has 0 aliphatic rings. The molecule has 0 aromatic rings. The number of hydrogen-bond donors (Lipinski definition) is 1. The molecular weight excluding hydrogens is 104 g/mol. The van der Waals surface area contributed by atoms with Gasteiger partial charge in [0.25, 0.3) is 0 Å². The van der Waals surface area contributed by atoms with E-state index in [0.717, 1.165) is 0 Å². The van der Waals surface area contributed by atoms with Crippen molar-refractivity contribution in [1.82, 2.24) is 0 Å². The molecule has 0 bridgehead atoms. The molecule has 0 heterocycles. The average Bonchev–Trinajstić information content (AvgIpc) is 1.61. The number of rotatable bonds is 3. The summed E-state index contributed by atoms with van der Waals surface area (Å²) in [7, 11) is 0. The Hall–Kier alpha value is -0.220. The SMILES string of the molecule is NOCCC(F)F. The molecule has 2 N–H and O–H groups in total. The molecule has 0 amide bonds. The van der Waals surface area contributed by atoms with E-state index in [0.29, 0.717) is 0 Å². The Balaban J connectivity index is 2.68. The molecule has 44 valence electrons. The van der Waals surface area contributed by atoms with Crippen LogP contribution in [0.1, 0.15) is 6.42 Å². The molecule has 0 radical (unpaired) electrons. The molecule has 0 rings (SSSR count). The number of alkyl halides is 2. The van der Waals surface area contributed by atoms with E-state index >= 15 is 0 Å². The molecular formula is C3H7F2NO. The van der Waals surface area contributed by atoms with Crippen LogP contribution in [0, 0.1) is 0 Å². The molecule has 4 heteroatoms. The lowest BCUT2D eigenvalue weighted by molar-refractivity contribution is 0.0671. The van der Waals surface area contributed by atoms with Gasteiger partial charge in [-0.3, -0.25) is 0 Å². The standard InChI is InChI=1S/C3H7F2NO/c4-3(5)1-2-7-6/h3H,1-2,6H2. The highest BCUT2D eigenvalue weighted by atomic mass is 19.3. The minimum absolute atomic E-state index is 0.0718. The molecule has 0 atom stereocenters. The maximum absolute atomic E-state index is 11.1. The van der Waals surface area contributed by atoms with Gasteiger partial charge in [0.1, 0.15) is 0 Å². The molecule has 0 aliphatic carbocycles. The van der Waals surface area contributed by atoms with Gasteiger partial charge in [0.15, 0.2) is 0 Å². The summed E-state index contributed by atoms with van der Waals surface area (Å²) in [5.41, 5.74) is 0. The molecule has 0 saturated heterocycles. The van der Waals surface area contributed by atoms with Crippen molar-refractivity contribution in [3.63, 3.8) is 0 Å². The molecule has 7 heavy (non-hydrogen) atoms. The van der Waals surface area contributed by atoms with Crippen molar-refractivity contribution in [2.45, 2.75) is 12.8 Å². The van der Waals surface area contributed by atoms with Crippen LogP contribution in [0.2, 0.25) is 0 Å². The quantitative estimate of drug-likeness (QED) is 0.539. The third-order valence-corrected chi connectivity index (χ3v) is 0.454. The summed E-state index contributed by atoms with van der Waals surface area (Å²) in [5, 5.41) is 0. The lowest BCUT2D eigenvalue weighted by Gasteiger charge is -1.93. The predicted molar refractivity (Wildman–Crippen MR) is 20.8 cm³/mol. The Morgan fingerprint density at radius 1 is 1.57 bits per heavy atom. The molecule has 0 aromatic carbocycles. The third-order valence-electron chi connectivity index (χ3n) is 0.454. The van der Waals surface area contributed by atoms with Gasteiger partial charge < -0.3 is 4.84 Å². The summed E-state index contributed by atoms with van der Waals surface area (Å²) in [6.45, 7) is -0.0718. The van der Waals surface area contributed by atoms with Crippen LogP contribution in [0.25, 0.3) is 0 Å². The van der Waals surface area contributed by atoms with Gasteiger partial charge in [0, 0.05) is 6.42 Å². The highest BCUT2D eigenvalue weighted by Gasteiger charge is 1.98. The van der Waals surface area contributed by atoms with E-state index in [2.05, 4.69) is 10.7 Å². The van der Waals surface area contributed by atoms with E-state index in [4.69, 9.17) is 0 Å². The van der Waals surface area contributed by atoms with Crippen LogP contribution in [-0.2, 0) is 4.84 Å². The Morgan fingerprint density at radius 2 is 2.14 bits per heavy atom. The van der Waals surface area contributed by atoms with Crippen molar-refractivity contribution in [3.05, 3.63) is 0 Å². The molecule has 0 aromatic heterocycles. The van der Waals surface area contributed by atoms with E-state index in [9.17, 15) is 8.78 Å². The zero-order valence-corrected chi connectivity index (χ0v) is 3.73. The molecule has 2 nitrogen and oxygen atoms in total. The van der Waals surface area contributed by atoms with Crippen molar-refractivity contribution in [2.24, 2.45) is 5.90 Å². The first-order chi connectivity index (χ1) is 3.27. The summed E-state index contributed by atoms with van der Waals surface area (Å²) in [5.74, 6) is 4.44. The van der Waals surface area contributed by atoms with E-state index in [1.165, 1.54) is 0 Å². The van der Waals surface area contributed by atoms with Crippen LogP contribution >= 0.6 is 0 Å². The second-order valence-electron chi connectivity index (χ2n) is 1.05. The maximum atomic E-state index is 11.1. The molecule has 0 spiro atoms. The smallest absolute Gasteiger partial charge is 0.240 e. The van der Waals surface area contributed by atoms with Gasteiger partial charge in [-0.15, -0.1) is 0 Å². The normalized spacial score (nSPS) is 10.3. The first kappa shape index (κ1) is 6.78. The van der Waals surface area contributed by atoms with Crippen LogP contribution < -0.4 is 5.90 Å². The molecule has 0 saturated carbocycles. The van der Waals surface area contributed by atoms with Gasteiger partial charge in [-0.1, -0.05) is 0 Å². The summed E-state index contributed by atoms with van der Waals surface area (Å²) in [6.07, 6.45) is -2.58. The monoisotopic (exact) mass is 111 g/mol. The van der Waals surface area contributed by atoms with Crippen molar-refractivity contribution >= 4 is 0 Å². The van der Waals surface area contributed by atoms with Gasteiger partial charge in [-0.05, 0) is 0 Å². The van der Waals surface area contributed by atoms with Gasteiger partial charge in [-0.25, -0.2) is 14.7 Å². The van der Waals surface area contributed by atoms with E-state index in [1.54, 1.807) is 0 Å². The maximum Gasteiger partial charge on any atom is 0.240 e. The highest BCUT2D eigenvalue weighted by molar-refractivity contribution is 4.34. The van der Waals surface area contributed by atoms with Crippen LogP contribution in [0.4, 0.5) is 8.78 Å². The number of nitrogens with two attached hydrogens (primary N) is 1. The zero-order chi connectivity index (χ0) is 5.70. The lowest BCUT2D eigenvalue weighted by Crippen LogP contribution is -2.04. The highest BCUT2D eigenvalue weighted by Crippen LogP contribution is 1.96. The summed E-state index contributed by atoms with van der Waals surface area (Å²) >= 11 is 0. The summed E-state index contributed by atoms with van der Waals surface area (Å²) in [6, 6.07) is 0. The summed E-state index contributed by atoms with van der Waals surface area (Å²) < 4.78 is 22.2. The van der Waals surface area contributed by atoms with Crippen molar-refractivity contribution in [1.29, 1.82) is 0 Å². The first-order valence-electron chi connectivity index (χ1n) is 1.87. The van der Waals surface area contributed by atoms with Crippen molar-refractivity contribution in [2.75, 3.05) is 6.61 Å². The lowest BCUT2D eigenvalue weighted by atomic mass is 10.5. The van der Waals surface area contributed by atoms with E-state index in [-0.39, 0.29) is 13.0 Å². The minimum Gasteiger partial charge on any atom is -0.304 e. The van der Waals surface area contributed by atoms with E-state index in [1.807, 2.05) is 0 Å². The Bertz CT molecular complexity index is 41.9. The molecule has 0 unspecified atom stereocenters. The zero-order valence-electron chi connectivity index (χ0n) is 3.73. The first-order valence-corrected chi connectivity index (χ1v) is 1.87. The van der Waals surface area contributed by atoms with Crippen LogP contribution in [0.5, 0.6) is 0 Å². The second kappa shape index (κ2) is 3.95. The fourth-order valence-electron chi connectivity index (χ4n) is 0.157. The van der Waals surface area contributed by atoms with Gasteiger partial charge in [0.05, 0.1) is 6.61 Å². The molecule has 0 fully saturated rings. The Morgan fingerprint density at radius 3 is 2.29 bits per heavy atom. The fraction of sp³-hybridized carbons (Fsp3) is 1.00.